The van der Waals surface area contributed by atoms with Gasteiger partial charge >= 0.3 is 0 Å². The third-order valence-corrected chi connectivity index (χ3v) is 4.93. The monoisotopic (exact) mass is 314 g/mol. The van der Waals surface area contributed by atoms with Crippen molar-refractivity contribution in [3.8, 4) is 6.07 Å². The first-order chi connectivity index (χ1) is 10.3. The molecule has 0 aliphatic heterocycles. The Bertz CT molecular complexity index is 724. The van der Waals surface area contributed by atoms with Crippen LogP contribution in [0.1, 0.15) is 21.4 Å². The topological polar surface area (TPSA) is 35.8 Å². The second kappa shape index (κ2) is 6.08. The first-order valence-corrected chi connectivity index (χ1v) is 8.07. The fourth-order valence-electron chi connectivity index (χ4n) is 2.08. The standard InChI is InChI=1S/C16H11FN2S2/c17-12-5-6-13(11(9-12)10-18)19-16(14-3-1-7-20-14)15-4-2-8-21-15/h1-9,16,19H. The molecule has 1 aromatic carbocycles. The normalized spacial score (nSPS) is 10.5. The number of nitrogens with one attached hydrogen (secondary N) is 1. The fraction of sp³-hybridized carbons (Fsp3) is 0.0625. The summed E-state index contributed by atoms with van der Waals surface area (Å²) in [6.07, 6.45) is 0. The molecule has 5 heteroatoms. The van der Waals surface area contributed by atoms with Crippen molar-refractivity contribution < 1.29 is 4.39 Å². The highest BCUT2D eigenvalue weighted by atomic mass is 32.1. The molecule has 2 aromatic heterocycles. The molecule has 0 radical (unpaired) electrons. The van der Waals surface area contributed by atoms with Crippen LogP contribution in [0, 0.1) is 17.1 Å². The van der Waals surface area contributed by atoms with E-state index in [4.69, 9.17) is 5.26 Å². The summed E-state index contributed by atoms with van der Waals surface area (Å²) >= 11 is 3.30. The zero-order valence-electron chi connectivity index (χ0n) is 10.9. The van der Waals surface area contributed by atoms with Crippen LogP contribution >= 0.6 is 22.7 Å². The molecule has 0 saturated heterocycles. The molecule has 0 aliphatic rings. The summed E-state index contributed by atoms with van der Waals surface area (Å²) in [6, 6.07) is 14.3. The number of rotatable bonds is 4. The van der Waals surface area contributed by atoms with Crippen molar-refractivity contribution in [3.63, 3.8) is 0 Å². The molecule has 104 valence electrons. The molecule has 0 amide bonds. The van der Waals surface area contributed by atoms with Crippen LogP contribution in [0.2, 0.25) is 0 Å². The third-order valence-electron chi connectivity index (χ3n) is 3.06. The maximum atomic E-state index is 13.2. The molecule has 0 atom stereocenters. The Balaban J connectivity index is 1.98. The molecule has 21 heavy (non-hydrogen) atoms. The molecule has 1 N–H and O–H groups in total. The smallest absolute Gasteiger partial charge is 0.124 e. The first-order valence-electron chi connectivity index (χ1n) is 6.31. The summed E-state index contributed by atoms with van der Waals surface area (Å²) in [6.45, 7) is 0. The predicted octanol–water partition coefficient (Wildman–Crippen LogP) is 5.02. The van der Waals surface area contributed by atoms with Gasteiger partial charge in [0.05, 0.1) is 17.3 Å². The molecule has 0 spiro atoms. The number of nitrogens with zero attached hydrogens (tertiary/aromatic N) is 1. The highest BCUT2D eigenvalue weighted by molar-refractivity contribution is 7.11. The Morgan fingerprint density at radius 1 is 1.05 bits per heavy atom. The average molecular weight is 314 g/mol. The van der Waals surface area contributed by atoms with Crippen molar-refractivity contribution in [3.05, 3.63) is 74.4 Å². The summed E-state index contributed by atoms with van der Waals surface area (Å²) in [7, 11) is 0. The van der Waals surface area contributed by atoms with Crippen molar-refractivity contribution in [1.29, 1.82) is 5.26 Å². The Morgan fingerprint density at radius 2 is 1.71 bits per heavy atom. The number of anilines is 1. The largest absolute Gasteiger partial charge is 0.372 e. The van der Waals surface area contributed by atoms with Gasteiger partial charge in [-0.2, -0.15) is 5.26 Å². The van der Waals surface area contributed by atoms with E-state index in [0.717, 1.165) is 9.75 Å². The third kappa shape index (κ3) is 2.97. The Labute approximate surface area is 130 Å². The van der Waals surface area contributed by atoms with Gasteiger partial charge in [0.2, 0.25) is 0 Å². The number of hydrogen-bond acceptors (Lipinski definition) is 4. The van der Waals surface area contributed by atoms with E-state index in [-0.39, 0.29) is 6.04 Å². The number of thiophene rings is 2. The fourth-order valence-corrected chi connectivity index (χ4v) is 3.75. The number of halogens is 1. The quantitative estimate of drug-likeness (QED) is 0.734. The van der Waals surface area contributed by atoms with Crippen LogP contribution < -0.4 is 5.32 Å². The Kier molecular flexibility index (Phi) is 4.00. The molecule has 0 fully saturated rings. The van der Waals surface area contributed by atoms with Crippen molar-refractivity contribution in [2.45, 2.75) is 6.04 Å². The average Bonchev–Trinajstić information content (AvgIpc) is 3.19. The molecule has 0 saturated carbocycles. The summed E-state index contributed by atoms with van der Waals surface area (Å²) in [5.74, 6) is -0.402. The van der Waals surface area contributed by atoms with Crippen molar-refractivity contribution in [2.24, 2.45) is 0 Å². The van der Waals surface area contributed by atoms with E-state index in [1.54, 1.807) is 28.7 Å². The van der Waals surface area contributed by atoms with Crippen LogP contribution in [-0.2, 0) is 0 Å². The Morgan fingerprint density at radius 3 is 2.24 bits per heavy atom. The minimum atomic E-state index is -0.402. The molecular weight excluding hydrogens is 303 g/mol. The van der Waals surface area contributed by atoms with Gasteiger partial charge in [-0.25, -0.2) is 4.39 Å². The van der Waals surface area contributed by atoms with Gasteiger partial charge in [-0.3, -0.25) is 0 Å². The predicted molar refractivity (Wildman–Crippen MR) is 85.2 cm³/mol. The van der Waals surface area contributed by atoms with Gasteiger partial charge in [0.1, 0.15) is 11.9 Å². The van der Waals surface area contributed by atoms with E-state index in [0.29, 0.717) is 11.3 Å². The van der Waals surface area contributed by atoms with Gasteiger partial charge in [0.25, 0.3) is 0 Å². The molecule has 2 nitrogen and oxygen atoms in total. The van der Waals surface area contributed by atoms with Gasteiger partial charge in [0, 0.05) is 9.75 Å². The second-order valence-electron chi connectivity index (χ2n) is 4.41. The summed E-state index contributed by atoms with van der Waals surface area (Å²) in [4.78, 5) is 2.32. The highest BCUT2D eigenvalue weighted by Crippen LogP contribution is 2.33. The van der Waals surface area contributed by atoms with Crippen LogP contribution in [0.15, 0.2) is 53.2 Å². The number of nitriles is 1. The van der Waals surface area contributed by atoms with E-state index >= 15 is 0 Å². The van der Waals surface area contributed by atoms with Crippen molar-refractivity contribution in [1.82, 2.24) is 0 Å². The molecule has 3 aromatic rings. The van der Waals surface area contributed by atoms with Gasteiger partial charge in [-0.05, 0) is 41.1 Å². The molecule has 2 heterocycles. The molecular formula is C16H11FN2S2. The maximum absolute atomic E-state index is 13.2. The molecule has 3 rings (SSSR count). The van der Waals surface area contributed by atoms with Crippen LogP contribution in [0.4, 0.5) is 10.1 Å². The van der Waals surface area contributed by atoms with Gasteiger partial charge in [-0.15, -0.1) is 22.7 Å². The lowest BCUT2D eigenvalue weighted by atomic mass is 10.1. The first kappa shape index (κ1) is 13.8. The van der Waals surface area contributed by atoms with Crippen LogP contribution in [0.5, 0.6) is 0 Å². The van der Waals surface area contributed by atoms with Crippen LogP contribution in [0.3, 0.4) is 0 Å². The van der Waals surface area contributed by atoms with E-state index in [1.807, 2.05) is 29.0 Å². The minimum Gasteiger partial charge on any atom is -0.372 e. The maximum Gasteiger partial charge on any atom is 0.124 e. The Hall–Kier alpha value is -2.16. The van der Waals surface area contributed by atoms with Gasteiger partial charge in [0.15, 0.2) is 0 Å². The second-order valence-corrected chi connectivity index (χ2v) is 6.37. The lowest BCUT2D eigenvalue weighted by Gasteiger charge is -2.18. The summed E-state index contributed by atoms with van der Waals surface area (Å²) in [5.41, 5.74) is 0.957. The van der Waals surface area contributed by atoms with Gasteiger partial charge < -0.3 is 5.32 Å². The van der Waals surface area contributed by atoms with E-state index in [9.17, 15) is 4.39 Å². The lowest BCUT2D eigenvalue weighted by Crippen LogP contribution is -2.10. The molecule has 0 aliphatic carbocycles. The van der Waals surface area contributed by atoms with E-state index in [2.05, 4.69) is 17.4 Å². The minimum absolute atomic E-state index is 0.0254. The van der Waals surface area contributed by atoms with Crippen LogP contribution in [-0.4, -0.2) is 0 Å². The highest BCUT2D eigenvalue weighted by Gasteiger charge is 2.17. The van der Waals surface area contributed by atoms with E-state index in [1.165, 1.54) is 12.1 Å². The zero-order chi connectivity index (χ0) is 14.7. The summed E-state index contributed by atoms with van der Waals surface area (Å²) < 4.78 is 13.2. The SMILES string of the molecule is N#Cc1cc(F)ccc1NC(c1cccs1)c1cccs1. The number of benzene rings is 1. The van der Waals surface area contributed by atoms with Crippen molar-refractivity contribution in [2.75, 3.05) is 5.32 Å². The lowest BCUT2D eigenvalue weighted by molar-refractivity contribution is 0.627. The zero-order valence-corrected chi connectivity index (χ0v) is 12.5. The molecule has 0 bridgehead atoms. The van der Waals surface area contributed by atoms with Gasteiger partial charge in [-0.1, -0.05) is 12.1 Å². The number of hydrogen-bond donors (Lipinski definition) is 1. The van der Waals surface area contributed by atoms with Crippen LogP contribution in [0.25, 0.3) is 0 Å². The van der Waals surface area contributed by atoms with Crippen molar-refractivity contribution >= 4 is 28.4 Å². The van der Waals surface area contributed by atoms with E-state index < -0.39 is 5.82 Å². The molecule has 0 unspecified atom stereocenters. The summed E-state index contributed by atoms with van der Waals surface area (Å²) in [5, 5.41) is 16.6.